The van der Waals surface area contributed by atoms with Crippen molar-refractivity contribution in [1.82, 2.24) is 15.2 Å². The highest BCUT2D eigenvalue weighted by atomic mass is 16.2. The second kappa shape index (κ2) is 8.13. The van der Waals surface area contributed by atoms with E-state index in [1.807, 2.05) is 30.9 Å². The van der Waals surface area contributed by atoms with Crippen molar-refractivity contribution in [2.45, 2.75) is 45.7 Å². The second-order valence-electron chi connectivity index (χ2n) is 7.05. The van der Waals surface area contributed by atoms with Gasteiger partial charge in [0.05, 0.1) is 6.42 Å². The zero-order chi connectivity index (χ0) is 18.5. The summed E-state index contributed by atoms with van der Waals surface area (Å²) in [5.41, 5.74) is 4.33. The molecule has 1 aromatic heterocycles. The number of nitrogens with zero attached hydrogens (tertiary/aromatic N) is 2. The molecule has 1 atom stereocenters. The number of carbonyl (C=O) groups is 2. The summed E-state index contributed by atoms with van der Waals surface area (Å²) in [7, 11) is 0. The molecule has 1 aliphatic rings. The molecule has 0 spiro atoms. The Balaban J connectivity index is 1.75. The van der Waals surface area contributed by atoms with Crippen molar-refractivity contribution >= 4 is 11.8 Å². The van der Waals surface area contributed by atoms with Gasteiger partial charge in [0.15, 0.2) is 0 Å². The molecule has 5 nitrogen and oxygen atoms in total. The number of nitrogens with one attached hydrogen (secondary N) is 1. The van der Waals surface area contributed by atoms with Crippen LogP contribution in [0.15, 0.2) is 42.7 Å². The summed E-state index contributed by atoms with van der Waals surface area (Å²) in [6, 6.07) is 10.1. The number of hydrogen-bond acceptors (Lipinski definition) is 3. The zero-order valence-corrected chi connectivity index (χ0v) is 15.4. The lowest BCUT2D eigenvalue weighted by Crippen LogP contribution is -2.42. The third-order valence-corrected chi connectivity index (χ3v) is 4.82. The summed E-state index contributed by atoms with van der Waals surface area (Å²) < 4.78 is 0. The van der Waals surface area contributed by atoms with Crippen molar-refractivity contribution in [3.63, 3.8) is 0 Å². The molecule has 1 aromatic carbocycles. The molecule has 0 radical (unpaired) electrons. The molecule has 0 aliphatic carbocycles. The third-order valence-electron chi connectivity index (χ3n) is 4.82. The van der Waals surface area contributed by atoms with Gasteiger partial charge in [-0.25, -0.2) is 0 Å². The Morgan fingerprint density at radius 1 is 1.31 bits per heavy atom. The number of pyridine rings is 1. The number of hydrogen-bond donors (Lipinski definition) is 1. The fourth-order valence-corrected chi connectivity index (χ4v) is 3.31. The normalized spacial score (nSPS) is 16.4. The van der Waals surface area contributed by atoms with Gasteiger partial charge in [-0.1, -0.05) is 29.8 Å². The molecular formula is C21H25N3O2. The van der Waals surface area contributed by atoms with E-state index in [9.17, 15) is 9.59 Å². The maximum atomic E-state index is 13.0. The summed E-state index contributed by atoms with van der Waals surface area (Å²) in [5.74, 6) is 0.141. The van der Waals surface area contributed by atoms with Gasteiger partial charge >= 0.3 is 0 Å². The highest BCUT2D eigenvalue weighted by molar-refractivity contribution is 5.80. The molecular weight excluding hydrogens is 326 g/mol. The van der Waals surface area contributed by atoms with E-state index < -0.39 is 0 Å². The minimum atomic E-state index is 0.0294. The third kappa shape index (κ3) is 4.69. The molecule has 1 saturated heterocycles. The molecule has 0 unspecified atom stereocenters. The molecule has 0 bridgehead atoms. The fourth-order valence-electron chi connectivity index (χ4n) is 3.31. The van der Waals surface area contributed by atoms with Gasteiger partial charge in [0, 0.05) is 37.9 Å². The van der Waals surface area contributed by atoms with E-state index in [-0.39, 0.29) is 17.9 Å². The Labute approximate surface area is 154 Å². The molecule has 1 fully saturated rings. The van der Waals surface area contributed by atoms with Gasteiger partial charge in [-0.3, -0.25) is 14.6 Å². The van der Waals surface area contributed by atoms with Gasteiger partial charge < -0.3 is 10.2 Å². The minimum Gasteiger partial charge on any atom is -0.352 e. The maximum absolute atomic E-state index is 13.0. The van der Waals surface area contributed by atoms with E-state index in [2.05, 4.69) is 28.5 Å². The van der Waals surface area contributed by atoms with Crippen LogP contribution in [0.25, 0.3) is 0 Å². The summed E-state index contributed by atoms with van der Waals surface area (Å²) >= 11 is 0. The number of benzene rings is 1. The average molecular weight is 351 g/mol. The quantitative estimate of drug-likeness (QED) is 0.870. The molecule has 1 N–H and O–H groups in total. The number of amides is 2. The van der Waals surface area contributed by atoms with Crippen LogP contribution in [0.5, 0.6) is 0 Å². The van der Waals surface area contributed by atoms with E-state index in [1.54, 1.807) is 12.4 Å². The minimum absolute atomic E-state index is 0.0294. The van der Waals surface area contributed by atoms with Crippen molar-refractivity contribution in [3.8, 4) is 0 Å². The first-order valence-electron chi connectivity index (χ1n) is 9.03. The van der Waals surface area contributed by atoms with E-state index >= 15 is 0 Å². The first-order valence-corrected chi connectivity index (χ1v) is 9.03. The Kier molecular flexibility index (Phi) is 5.66. The zero-order valence-electron chi connectivity index (χ0n) is 15.4. The molecule has 5 heteroatoms. The standard InChI is InChI=1S/C21H25N3O2/c1-15-5-6-16(2)18(10-15)11-21(26)24(13-17-4-3-9-22-12-17)14-19-7-8-20(25)23-19/h3-6,9-10,12,19H,7-8,11,13-14H2,1-2H3,(H,23,25)/t19-/m0/s1. The van der Waals surface area contributed by atoms with Crippen LogP contribution in [0.3, 0.4) is 0 Å². The highest BCUT2D eigenvalue weighted by Gasteiger charge is 2.25. The molecule has 2 heterocycles. The van der Waals surface area contributed by atoms with Crippen LogP contribution in [-0.2, 0) is 22.6 Å². The summed E-state index contributed by atoms with van der Waals surface area (Å²) in [6.07, 6.45) is 5.19. The SMILES string of the molecule is Cc1ccc(C)c(CC(=O)N(Cc2cccnc2)C[C@@H]2CCC(=O)N2)c1. The average Bonchev–Trinajstić information content (AvgIpc) is 3.03. The van der Waals surface area contributed by atoms with Crippen LogP contribution in [0, 0.1) is 13.8 Å². The van der Waals surface area contributed by atoms with Gasteiger partial charge in [0.25, 0.3) is 0 Å². The first kappa shape index (κ1) is 18.1. The molecule has 1 aliphatic heterocycles. The van der Waals surface area contributed by atoms with Crippen LogP contribution in [0.2, 0.25) is 0 Å². The predicted octanol–water partition coefficient (Wildman–Crippen LogP) is 2.55. The van der Waals surface area contributed by atoms with Crippen LogP contribution in [0.4, 0.5) is 0 Å². The highest BCUT2D eigenvalue weighted by Crippen LogP contribution is 2.16. The fraction of sp³-hybridized carbons (Fsp3) is 0.381. The van der Waals surface area contributed by atoms with Gasteiger partial charge in [-0.15, -0.1) is 0 Å². The summed E-state index contributed by atoms with van der Waals surface area (Å²) in [5, 5.41) is 2.96. The number of rotatable bonds is 6. The van der Waals surface area contributed by atoms with Crippen LogP contribution < -0.4 is 5.32 Å². The van der Waals surface area contributed by atoms with Crippen molar-refractivity contribution < 1.29 is 9.59 Å². The van der Waals surface area contributed by atoms with E-state index in [0.717, 1.165) is 28.7 Å². The Bertz CT molecular complexity index is 789. The molecule has 3 rings (SSSR count). The van der Waals surface area contributed by atoms with Crippen molar-refractivity contribution in [3.05, 3.63) is 65.0 Å². The molecule has 26 heavy (non-hydrogen) atoms. The summed E-state index contributed by atoms with van der Waals surface area (Å²) in [4.78, 5) is 30.5. The summed E-state index contributed by atoms with van der Waals surface area (Å²) in [6.45, 7) is 5.10. The topological polar surface area (TPSA) is 62.3 Å². The van der Waals surface area contributed by atoms with Crippen LogP contribution >= 0.6 is 0 Å². The van der Waals surface area contributed by atoms with Gasteiger partial charge in [-0.05, 0) is 43.0 Å². The lowest BCUT2D eigenvalue weighted by Gasteiger charge is -2.26. The molecule has 0 saturated carbocycles. The van der Waals surface area contributed by atoms with E-state index in [4.69, 9.17) is 0 Å². The Morgan fingerprint density at radius 2 is 2.15 bits per heavy atom. The Hall–Kier alpha value is -2.69. The van der Waals surface area contributed by atoms with Gasteiger partial charge in [0.1, 0.15) is 0 Å². The first-order chi connectivity index (χ1) is 12.5. The molecule has 2 aromatic rings. The van der Waals surface area contributed by atoms with Crippen LogP contribution in [0.1, 0.15) is 35.1 Å². The van der Waals surface area contributed by atoms with E-state index in [1.165, 1.54) is 0 Å². The number of carbonyl (C=O) groups excluding carboxylic acids is 2. The molecule has 2 amide bonds. The van der Waals surface area contributed by atoms with Crippen molar-refractivity contribution in [1.29, 1.82) is 0 Å². The van der Waals surface area contributed by atoms with Gasteiger partial charge in [-0.2, -0.15) is 0 Å². The maximum Gasteiger partial charge on any atom is 0.227 e. The monoisotopic (exact) mass is 351 g/mol. The predicted molar refractivity (Wildman–Crippen MR) is 100 cm³/mol. The van der Waals surface area contributed by atoms with Crippen LogP contribution in [-0.4, -0.2) is 34.3 Å². The smallest absolute Gasteiger partial charge is 0.227 e. The van der Waals surface area contributed by atoms with Gasteiger partial charge in [0.2, 0.25) is 11.8 Å². The second-order valence-corrected chi connectivity index (χ2v) is 7.05. The van der Waals surface area contributed by atoms with Crippen molar-refractivity contribution in [2.75, 3.05) is 6.54 Å². The lowest BCUT2D eigenvalue weighted by atomic mass is 10.0. The lowest BCUT2D eigenvalue weighted by molar-refractivity contribution is -0.131. The largest absolute Gasteiger partial charge is 0.352 e. The Morgan fingerprint density at radius 3 is 2.85 bits per heavy atom. The molecule has 136 valence electrons. The number of aromatic nitrogens is 1. The number of aryl methyl sites for hydroxylation is 2. The van der Waals surface area contributed by atoms with Crippen molar-refractivity contribution in [2.24, 2.45) is 0 Å². The van der Waals surface area contributed by atoms with E-state index in [0.29, 0.717) is 25.9 Å².